The van der Waals surface area contributed by atoms with Gasteiger partial charge >= 0.3 is 0 Å². The van der Waals surface area contributed by atoms with Crippen LogP contribution in [0.15, 0.2) is 0 Å². The number of carbonyl (C=O) groups excluding carboxylic acids is 1. The Morgan fingerprint density at radius 1 is 1.36 bits per heavy atom. The van der Waals surface area contributed by atoms with Crippen molar-refractivity contribution in [2.24, 2.45) is 11.8 Å². The largest absolute Gasteiger partial charge is 0.299 e. The molecule has 0 atom stereocenters. The summed E-state index contributed by atoms with van der Waals surface area (Å²) >= 11 is 0. The molecule has 0 aromatic carbocycles. The van der Waals surface area contributed by atoms with E-state index in [9.17, 15) is 13.6 Å². The number of hydrogen-bond acceptors (Lipinski definition) is 1. The maximum absolute atomic E-state index is 12.8. The van der Waals surface area contributed by atoms with Crippen LogP contribution in [0.2, 0.25) is 0 Å². The second-order valence-corrected chi connectivity index (χ2v) is 4.62. The minimum atomic E-state index is -2.47. The second-order valence-electron chi connectivity index (χ2n) is 4.62. The Morgan fingerprint density at radius 2 is 1.86 bits per heavy atom. The van der Waals surface area contributed by atoms with Crippen molar-refractivity contribution >= 4 is 5.78 Å². The molecule has 1 aliphatic rings. The summed E-state index contributed by atoms with van der Waals surface area (Å²) < 4.78 is 25.6. The molecule has 1 fully saturated rings. The zero-order valence-corrected chi connectivity index (χ0v) is 8.85. The summed E-state index contributed by atoms with van der Waals surface area (Å²) in [5.41, 5.74) is 0. The van der Waals surface area contributed by atoms with Crippen LogP contribution in [-0.4, -0.2) is 11.7 Å². The molecule has 0 saturated heterocycles. The van der Waals surface area contributed by atoms with Crippen molar-refractivity contribution in [1.82, 2.24) is 0 Å². The van der Waals surface area contributed by atoms with Crippen LogP contribution >= 0.6 is 0 Å². The molecule has 82 valence electrons. The molecule has 3 heteroatoms. The number of halogens is 2. The van der Waals surface area contributed by atoms with Gasteiger partial charge in [0.25, 0.3) is 0 Å². The van der Waals surface area contributed by atoms with E-state index in [1.165, 1.54) is 0 Å². The first-order valence-electron chi connectivity index (χ1n) is 5.31. The smallest absolute Gasteiger partial charge is 0.248 e. The monoisotopic (exact) mass is 204 g/mol. The third kappa shape index (κ3) is 3.35. The van der Waals surface area contributed by atoms with Crippen molar-refractivity contribution in [1.29, 1.82) is 0 Å². The highest BCUT2D eigenvalue weighted by molar-refractivity contribution is 5.80. The van der Waals surface area contributed by atoms with Crippen LogP contribution in [0.4, 0.5) is 8.78 Å². The second kappa shape index (κ2) is 4.37. The summed E-state index contributed by atoms with van der Waals surface area (Å²) in [7, 11) is 0. The summed E-state index contributed by atoms with van der Waals surface area (Å²) in [5, 5.41) is 0. The zero-order valence-electron chi connectivity index (χ0n) is 8.85. The molecule has 1 aliphatic carbocycles. The van der Waals surface area contributed by atoms with Gasteiger partial charge in [-0.2, -0.15) is 0 Å². The van der Waals surface area contributed by atoms with Crippen LogP contribution in [-0.2, 0) is 4.79 Å². The van der Waals surface area contributed by atoms with E-state index in [4.69, 9.17) is 0 Å². The standard InChI is InChI=1S/C11H18F2O/c1-8(2)10(14)7-9-3-5-11(12,13)6-4-9/h8-9H,3-7H2,1-2H3. The van der Waals surface area contributed by atoms with Gasteiger partial charge in [-0.1, -0.05) is 13.8 Å². The van der Waals surface area contributed by atoms with Crippen molar-refractivity contribution in [3.05, 3.63) is 0 Å². The Balaban J connectivity index is 2.33. The molecule has 1 rings (SSSR count). The molecule has 1 nitrogen and oxygen atoms in total. The molecule has 0 unspecified atom stereocenters. The SMILES string of the molecule is CC(C)C(=O)CC1CCC(F)(F)CC1. The zero-order chi connectivity index (χ0) is 10.8. The van der Waals surface area contributed by atoms with Crippen molar-refractivity contribution in [2.75, 3.05) is 0 Å². The Kier molecular flexibility index (Phi) is 3.62. The minimum Gasteiger partial charge on any atom is -0.299 e. The van der Waals surface area contributed by atoms with Crippen molar-refractivity contribution in [2.45, 2.75) is 51.9 Å². The molecule has 14 heavy (non-hydrogen) atoms. The van der Waals surface area contributed by atoms with Gasteiger partial charge in [0.05, 0.1) is 0 Å². The molecule has 0 amide bonds. The van der Waals surface area contributed by atoms with E-state index in [0.29, 0.717) is 19.3 Å². The van der Waals surface area contributed by atoms with Gasteiger partial charge in [0.15, 0.2) is 0 Å². The first-order chi connectivity index (χ1) is 6.41. The normalized spacial score (nSPS) is 22.6. The number of ketones is 1. The van der Waals surface area contributed by atoms with Gasteiger partial charge in [0.1, 0.15) is 5.78 Å². The summed E-state index contributed by atoms with van der Waals surface area (Å²) in [6, 6.07) is 0. The van der Waals surface area contributed by atoms with E-state index < -0.39 is 5.92 Å². The number of Topliss-reactive ketones (excluding diaryl/α,β-unsaturated/α-hetero) is 1. The highest BCUT2D eigenvalue weighted by Gasteiger charge is 2.35. The van der Waals surface area contributed by atoms with Crippen LogP contribution in [0.1, 0.15) is 46.0 Å². The van der Waals surface area contributed by atoms with Crippen LogP contribution in [0.25, 0.3) is 0 Å². The average Bonchev–Trinajstić information content (AvgIpc) is 2.08. The Bertz CT molecular complexity index is 201. The fourth-order valence-electron chi connectivity index (χ4n) is 1.82. The summed E-state index contributed by atoms with van der Waals surface area (Å²) in [6.45, 7) is 3.72. The molecule has 0 aliphatic heterocycles. The molecule has 0 aromatic rings. The third-order valence-electron chi connectivity index (χ3n) is 2.97. The number of hydrogen-bond donors (Lipinski definition) is 0. The maximum atomic E-state index is 12.8. The first-order valence-corrected chi connectivity index (χ1v) is 5.31. The van der Waals surface area contributed by atoms with E-state index in [0.717, 1.165) is 0 Å². The average molecular weight is 204 g/mol. The van der Waals surface area contributed by atoms with Crippen LogP contribution < -0.4 is 0 Å². The molecule has 0 bridgehead atoms. The topological polar surface area (TPSA) is 17.1 Å². The van der Waals surface area contributed by atoms with E-state index in [1.807, 2.05) is 13.8 Å². The maximum Gasteiger partial charge on any atom is 0.248 e. The van der Waals surface area contributed by atoms with Gasteiger partial charge in [-0.05, 0) is 18.8 Å². The van der Waals surface area contributed by atoms with Gasteiger partial charge in [0, 0.05) is 25.2 Å². The summed E-state index contributed by atoms with van der Waals surface area (Å²) in [4.78, 5) is 11.4. The fraction of sp³-hybridized carbons (Fsp3) is 0.909. The molecule has 0 radical (unpaired) electrons. The van der Waals surface area contributed by atoms with Crippen molar-refractivity contribution in [3.8, 4) is 0 Å². The van der Waals surface area contributed by atoms with Crippen LogP contribution in [0.3, 0.4) is 0 Å². The van der Waals surface area contributed by atoms with Crippen LogP contribution in [0, 0.1) is 11.8 Å². The van der Waals surface area contributed by atoms with E-state index in [2.05, 4.69) is 0 Å². The quantitative estimate of drug-likeness (QED) is 0.688. The van der Waals surface area contributed by atoms with Crippen molar-refractivity contribution < 1.29 is 13.6 Å². The Labute approximate surface area is 83.9 Å². The van der Waals surface area contributed by atoms with Gasteiger partial charge in [-0.15, -0.1) is 0 Å². The predicted octanol–water partition coefficient (Wildman–Crippen LogP) is 3.43. The number of alkyl halides is 2. The number of rotatable bonds is 3. The lowest BCUT2D eigenvalue weighted by atomic mass is 9.82. The van der Waals surface area contributed by atoms with Gasteiger partial charge in [-0.3, -0.25) is 4.79 Å². The van der Waals surface area contributed by atoms with E-state index >= 15 is 0 Å². The van der Waals surface area contributed by atoms with Crippen molar-refractivity contribution in [3.63, 3.8) is 0 Å². The molecular weight excluding hydrogens is 186 g/mol. The van der Waals surface area contributed by atoms with Gasteiger partial charge in [-0.25, -0.2) is 8.78 Å². The first kappa shape index (κ1) is 11.6. The molecule has 0 heterocycles. The van der Waals surface area contributed by atoms with Gasteiger partial charge in [0.2, 0.25) is 5.92 Å². The molecule has 0 N–H and O–H groups in total. The highest BCUT2D eigenvalue weighted by Crippen LogP contribution is 2.37. The third-order valence-corrected chi connectivity index (χ3v) is 2.97. The lowest BCUT2D eigenvalue weighted by molar-refractivity contribution is -0.124. The Morgan fingerprint density at radius 3 is 2.29 bits per heavy atom. The Hall–Kier alpha value is -0.470. The lowest BCUT2D eigenvalue weighted by Crippen LogP contribution is -2.26. The molecular formula is C11H18F2O. The fourth-order valence-corrected chi connectivity index (χ4v) is 1.82. The minimum absolute atomic E-state index is 0.0386. The molecule has 0 spiro atoms. The number of carbonyl (C=O) groups is 1. The van der Waals surface area contributed by atoms with E-state index in [1.54, 1.807) is 0 Å². The van der Waals surface area contributed by atoms with E-state index in [-0.39, 0.29) is 30.5 Å². The summed E-state index contributed by atoms with van der Waals surface area (Å²) in [6.07, 6.45) is 1.43. The molecule has 1 saturated carbocycles. The lowest BCUT2D eigenvalue weighted by Gasteiger charge is -2.28. The summed E-state index contributed by atoms with van der Waals surface area (Å²) in [5.74, 6) is -2.03. The predicted molar refractivity (Wildman–Crippen MR) is 51.4 cm³/mol. The highest BCUT2D eigenvalue weighted by atomic mass is 19.3. The molecule has 0 aromatic heterocycles. The van der Waals surface area contributed by atoms with Gasteiger partial charge < -0.3 is 0 Å². The van der Waals surface area contributed by atoms with Crippen LogP contribution in [0.5, 0.6) is 0 Å².